The lowest BCUT2D eigenvalue weighted by Crippen LogP contribution is -2.47. The molecule has 2 aromatic rings. The smallest absolute Gasteiger partial charge is 0.335 e. The quantitative estimate of drug-likeness (QED) is 0.330. The fourth-order valence-electron chi connectivity index (χ4n) is 3.40. The molecule has 11 heteroatoms. The number of carbonyl (C=O) groups is 2. The summed E-state index contributed by atoms with van der Waals surface area (Å²) in [7, 11) is 0. The van der Waals surface area contributed by atoms with Crippen LogP contribution in [0.3, 0.4) is 0 Å². The molecule has 1 aliphatic rings. The van der Waals surface area contributed by atoms with Gasteiger partial charge in [0.15, 0.2) is 17.5 Å². The first-order chi connectivity index (χ1) is 14.7. The van der Waals surface area contributed by atoms with Crippen molar-refractivity contribution in [3.05, 3.63) is 46.8 Å². The summed E-state index contributed by atoms with van der Waals surface area (Å²) in [4.78, 5) is 37.5. The molecule has 0 saturated carbocycles. The van der Waals surface area contributed by atoms with Gasteiger partial charge in [-0.2, -0.15) is 4.99 Å². The van der Waals surface area contributed by atoms with E-state index >= 15 is 0 Å². The number of carbonyl (C=O) groups excluding carboxylic acids is 1. The molecule has 31 heavy (non-hydrogen) atoms. The number of carboxylic acids is 1. The summed E-state index contributed by atoms with van der Waals surface area (Å²) in [6.07, 6.45) is 1.60. The Hall–Kier alpha value is -3.73. The van der Waals surface area contributed by atoms with Gasteiger partial charge in [0.2, 0.25) is 0 Å². The minimum absolute atomic E-state index is 0.00622. The van der Waals surface area contributed by atoms with E-state index in [0.29, 0.717) is 12.2 Å². The summed E-state index contributed by atoms with van der Waals surface area (Å²) in [5.41, 5.74) is 18.8. The predicted molar refractivity (Wildman–Crippen MR) is 116 cm³/mol. The number of nitrogens with zero attached hydrogens (tertiary/aromatic N) is 4. The van der Waals surface area contributed by atoms with E-state index in [9.17, 15) is 9.59 Å². The molecule has 8 N–H and O–H groups in total. The van der Waals surface area contributed by atoms with Crippen molar-refractivity contribution in [1.29, 1.82) is 0 Å². The summed E-state index contributed by atoms with van der Waals surface area (Å²) < 4.78 is 0. The molecular formula is C20H26N8O3. The second kappa shape index (κ2) is 9.39. The lowest BCUT2D eigenvalue weighted by Gasteiger charge is -2.32. The summed E-state index contributed by atoms with van der Waals surface area (Å²) >= 11 is 0. The van der Waals surface area contributed by atoms with Crippen LogP contribution in [-0.4, -0.2) is 56.9 Å². The lowest BCUT2D eigenvalue weighted by molar-refractivity contribution is 0.0696. The highest BCUT2D eigenvalue weighted by molar-refractivity contribution is 6.03. The Bertz CT molecular complexity index is 1020. The normalized spacial score (nSPS) is 15.6. The number of aromatic carboxylic acids is 1. The van der Waals surface area contributed by atoms with E-state index in [1.54, 1.807) is 25.1 Å². The molecular weight excluding hydrogens is 400 g/mol. The van der Waals surface area contributed by atoms with Gasteiger partial charge in [0.05, 0.1) is 11.3 Å². The van der Waals surface area contributed by atoms with Crippen molar-refractivity contribution in [2.45, 2.75) is 32.4 Å². The Morgan fingerprint density at radius 2 is 1.94 bits per heavy atom. The predicted octanol–water partition coefficient (Wildman–Crippen LogP) is 0.357. The van der Waals surface area contributed by atoms with Crippen LogP contribution in [0.4, 0.5) is 11.6 Å². The zero-order chi connectivity index (χ0) is 22.5. The summed E-state index contributed by atoms with van der Waals surface area (Å²) in [5.74, 6) is -1.56. The van der Waals surface area contributed by atoms with Crippen LogP contribution in [0.1, 0.15) is 44.9 Å². The molecule has 1 saturated heterocycles. The maximum Gasteiger partial charge on any atom is 0.335 e. The topological polar surface area (TPSA) is 186 Å². The fraction of sp³-hybridized carbons (Fsp3) is 0.350. The number of nitrogens with two attached hydrogens (primary N) is 3. The molecule has 0 bridgehead atoms. The maximum absolute atomic E-state index is 12.3. The highest BCUT2D eigenvalue weighted by atomic mass is 16.4. The van der Waals surface area contributed by atoms with Gasteiger partial charge in [-0.1, -0.05) is 12.1 Å². The van der Waals surface area contributed by atoms with Crippen LogP contribution < -0.4 is 22.5 Å². The zero-order valence-electron chi connectivity index (χ0n) is 17.2. The molecule has 1 aliphatic heterocycles. The minimum Gasteiger partial charge on any atom is -0.478 e. The molecule has 0 atom stereocenters. The van der Waals surface area contributed by atoms with Crippen LogP contribution in [0.25, 0.3) is 0 Å². The van der Waals surface area contributed by atoms with Gasteiger partial charge < -0.3 is 27.6 Å². The van der Waals surface area contributed by atoms with Crippen molar-refractivity contribution in [3.63, 3.8) is 0 Å². The van der Waals surface area contributed by atoms with Crippen molar-refractivity contribution < 1.29 is 14.7 Å². The number of aryl methyl sites for hydroxylation is 1. The van der Waals surface area contributed by atoms with E-state index in [4.69, 9.17) is 22.3 Å². The second-order valence-electron chi connectivity index (χ2n) is 7.43. The first kappa shape index (κ1) is 22.0. The van der Waals surface area contributed by atoms with Crippen LogP contribution in [-0.2, 0) is 6.54 Å². The molecule has 3 rings (SSSR count). The van der Waals surface area contributed by atoms with E-state index in [1.165, 1.54) is 0 Å². The van der Waals surface area contributed by atoms with E-state index in [2.05, 4.69) is 25.2 Å². The van der Waals surface area contributed by atoms with Gasteiger partial charge in [0.1, 0.15) is 5.82 Å². The van der Waals surface area contributed by atoms with Crippen LogP contribution in [0.5, 0.6) is 0 Å². The monoisotopic (exact) mass is 426 g/mol. The second-order valence-corrected chi connectivity index (χ2v) is 7.43. The highest BCUT2D eigenvalue weighted by Gasteiger charge is 2.21. The number of guanidine groups is 1. The molecule has 0 spiro atoms. The standard InChI is InChI=1S/C20H26N8O3/c1-11-16(21)26-17(22)15(24-11)18(29)27-20(23)25-14-5-7-28(8-6-14)10-12-3-2-4-13(9-12)19(30)31/h2-4,9,14H,5-8,10H2,1H3,(H,30,31)(H4,21,22,26)(H3,23,25,27,29). The molecule has 0 unspecified atom stereocenters. The number of hydrogen-bond donors (Lipinski definition) is 5. The molecule has 1 aromatic heterocycles. The molecule has 11 nitrogen and oxygen atoms in total. The maximum atomic E-state index is 12.3. The van der Waals surface area contributed by atoms with Crippen LogP contribution in [0.2, 0.25) is 0 Å². The van der Waals surface area contributed by atoms with Crippen molar-refractivity contribution >= 4 is 29.5 Å². The van der Waals surface area contributed by atoms with E-state index in [1.807, 2.05) is 6.07 Å². The van der Waals surface area contributed by atoms with E-state index in [-0.39, 0.29) is 34.9 Å². The number of likely N-dealkylation sites (tertiary alicyclic amines) is 1. The fourth-order valence-corrected chi connectivity index (χ4v) is 3.40. The molecule has 1 fully saturated rings. The van der Waals surface area contributed by atoms with Crippen molar-refractivity contribution in [2.24, 2.45) is 10.7 Å². The summed E-state index contributed by atoms with van der Waals surface area (Å²) in [6.45, 7) is 3.89. The molecule has 164 valence electrons. The van der Waals surface area contributed by atoms with Gasteiger partial charge in [-0.15, -0.1) is 0 Å². The van der Waals surface area contributed by atoms with Gasteiger partial charge >= 0.3 is 11.9 Å². The number of aromatic nitrogens is 2. The number of amides is 1. The molecule has 0 aliphatic carbocycles. The number of piperidine rings is 1. The number of nitrogens with one attached hydrogen (secondary N) is 1. The Morgan fingerprint density at radius 1 is 1.23 bits per heavy atom. The van der Waals surface area contributed by atoms with E-state index < -0.39 is 11.9 Å². The third-order valence-corrected chi connectivity index (χ3v) is 5.08. The van der Waals surface area contributed by atoms with Gasteiger partial charge in [-0.3, -0.25) is 9.69 Å². The SMILES string of the molecule is Cc1nc(C(=O)/N=C(\N)NC2CCN(Cc3cccc(C(=O)O)c3)CC2)c(N)nc1N. The molecule has 1 aromatic carbocycles. The number of nitrogen functional groups attached to an aromatic ring is 2. The first-order valence-corrected chi connectivity index (χ1v) is 9.82. The largest absolute Gasteiger partial charge is 0.478 e. The van der Waals surface area contributed by atoms with Gasteiger partial charge in [0, 0.05) is 25.7 Å². The Balaban J connectivity index is 1.53. The third kappa shape index (κ3) is 5.66. The van der Waals surface area contributed by atoms with Crippen molar-refractivity contribution in [3.8, 4) is 0 Å². The number of aliphatic imine (C=N–C) groups is 1. The van der Waals surface area contributed by atoms with Gasteiger partial charge in [0.25, 0.3) is 0 Å². The number of benzene rings is 1. The Labute approximate surface area is 179 Å². The molecule has 2 heterocycles. The third-order valence-electron chi connectivity index (χ3n) is 5.08. The minimum atomic E-state index is -0.934. The van der Waals surface area contributed by atoms with Crippen molar-refractivity contribution in [2.75, 3.05) is 24.6 Å². The average molecular weight is 426 g/mol. The molecule has 1 amide bonds. The van der Waals surface area contributed by atoms with E-state index in [0.717, 1.165) is 31.5 Å². The van der Waals surface area contributed by atoms with Gasteiger partial charge in [-0.05, 0) is 37.5 Å². The Kier molecular flexibility index (Phi) is 6.65. The number of rotatable bonds is 5. The Morgan fingerprint density at radius 3 is 2.61 bits per heavy atom. The van der Waals surface area contributed by atoms with Crippen molar-refractivity contribution in [1.82, 2.24) is 20.2 Å². The zero-order valence-corrected chi connectivity index (χ0v) is 17.2. The number of carboxylic acid groups (broad SMARTS) is 1. The summed E-state index contributed by atoms with van der Waals surface area (Å²) in [5, 5.41) is 12.2. The number of anilines is 2. The average Bonchev–Trinajstić information content (AvgIpc) is 2.72. The first-order valence-electron chi connectivity index (χ1n) is 9.82. The summed E-state index contributed by atoms with van der Waals surface area (Å²) in [6, 6.07) is 7.00. The van der Waals surface area contributed by atoms with Gasteiger partial charge in [-0.25, -0.2) is 14.8 Å². The molecule has 0 radical (unpaired) electrons. The number of hydrogen-bond acceptors (Lipinski definition) is 7. The highest BCUT2D eigenvalue weighted by Crippen LogP contribution is 2.16. The van der Waals surface area contributed by atoms with Crippen LogP contribution in [0, 0.1) is 6.92 Å². The lowest BCUT2D eigenvalue weighted by atomic mass is 10.0. The van der Waals surface area contributed by atoms with Crippen LogP contribution >= 0.6 is 0 Å². The van der Waals surface area contributed by atoms with Crippen LogP contribution in [0.15, 0.2) is 29.3 Å².